The lowest BCUT2D eigenvalue weighted by atomic mass is 9.77. The molecule has 0 saturated carbocycles. The van der Waals surface area contributed by atoms with Crippen molar-refractivity contribution in [2.75, 3.05) is 12.0 Å². The van der Waals surface area contributed by atoms with Crippen LogP contribution in [0.5, 0.6) is 5.75 Å². The fourth-order valence-corrected chi connectivity index (χ4v) is 6.55. The van der Waals surface area contributed by atoms with Crippen molar-refractivity contribution in [2.24, 2.45) is 0 Å². The molecule has 0 N–H and O–H groups in total. The number of amides is 1. The van der Waals surface area contributed by atoms with Crippen molar-refractivity contribution in [1.82, 2.24) is 0 Å². The van der Waals surface area contributed by atoms with Crippen molar-refractivity contribution < 1.29 is 14.3 Å². The van der Waals surface area contributed by atoms with Crippen molar-refractivity contribution >= 4 is 28.0 Å². The third-order valence-corrected chi connectivity index (χ3v) is 7.94. The van der Waals surface area contributed by atoms with E-state index < -0.39 is 0 Å². The molecule has 158 valence electrons. The van der Waals surface area contributed by atoms with E-state index in [0.717, 1.165) is 65.3 Å². The second kappa shape index (κ2) is 7.97. The van der Waals surface area contributed by atoms with E-state index >= 15 is 0 Å². The minimum Gasteiger partial charge on any atom is -0.497 e. The summed E-state index contributed by atoms with van der Waals surface area (Å²) in [5, 5.41) is 10.7. The number of hydrogen-bond acceptors (Lipinski definition) is 5. The Morgan fingerprint density at radius 3 is 2.58 bits per heavy atom. The standard InChI is InChI=1S/C25H24N2O3S/c1-30-16-11-9-15(10-12-16)18-13-23(29)27(20-6-4-7-21(28)24(18)20)25-19(14-26)17-5-2-3-8-22(17)31-25/h9-12,18H,2-8,13H2,1H3. The number of anilines is 1. The summed E-state index contributed by atoms with van der Waals surface area (Å²) in [7, 11) is 1.62. The molecule has 1 aliphatic heterocycles. The van der Waals surface area contributed by atoms with Crippen molar-refractivity contribution in [3.8, 4) is 11.8 Å². The van der Waals surface area contributed by atoms with Gasteiger partial charge in [-0.3, -0.25) is 14.5 Å². The first-order chi connectivity index (χ1) is 15.1. The van der Waals surface area contributed by atoms with Crippen LogP contribution in [-0.2, 0) is 22.4 Å². The van der Waals surface area contributed by atoms with Gasteiger partial charge in [-0.05, 0) is 61.8 Å². The highest BCUT2D eigenvalue weighted by atomic mass is 32.1. The molecule has 2 heterocycles. The van der Waals surface area contributed by atoms with Gasteiger partial charge in [0.2, 0.25) is 5.91 Å². The van der Waals surface area contributed by atoms with Gasteiger partial charge < -0.3 is 4.74 Å². The van der Waals surface area contributed by atoms with Crippen LogP contribution in [0.25, 0.3) is 0 Å². The van der Waals surface area contributed by atoms with Crippen LogP contribution in [0.1, 0.15) is 66.0 Å². The van der Waals surface area contributed by atoms with Gasteiger partial charge in [-0.25, -0.2) is 0 Å². The molecule has 1 unspecified atom stereocenters. The predicted octanol–water partition coefficient (Wildman–Crippen LogP) is 5.03. The first-order valence-electron chi connectivity index (χ1n) is 10.9. The van der Waals surface area contributed by atoms with E-state index in [-0.39, 0.29) is 24.0 Å². The lowest BCUT2D eigenvalue weighted by molar-refractivity contribution is -0.119. The number of methoxy groups -OCH3 is 1. The summed E-state index contributed by atoms with van der Waals surface area (Å²) in [6.07, 6.45) is 6.25. The Labute approximate surface area is 185 Å². The van der Waals surface area contributed by atoms with Crippen molar-refractivity contribution in [3.63, 3.8) is 0 Å². The number of carbonyl (C=O) groups is 2. The second-order valence-electron chi connectivity index (χ2n) is 8.40. The van der Waals surface area contributed by atoms with Crippen molar-refractivity contribution in [2.45, 2.75) is 57.3 Å². The summed E-state index contributed by atoms with van der Waals surface area (Å²) in [5.41, 5.74) is 4.28. The monoisotopic (exact) mass is 432 g/mol. The van der Waals surface area contributed by atoms with Gasteiger partial charge in [0.15, 0.2) is 5.78 Å². The fourth-order valence-electron chi connectivity index (χ4n) is 5.17. The molecule has 5 rings (SSSR count). The molecule has 5 nitrogen and oxygen atoms in total. The highest BCUT2D eigenvalue weighted by Gasteiger charge is 2.41. The van der Waals surface area contributed by atoms with Gasteiger partial charge in [-0.2, -0.15) is 5.26 Å². The molecule has 1 aromatic heterocycles. The Morgan fingerprint density at radius 1 is 1.06 bits per heavy atom. The lowest BCUT2D eigenvalue weighted by Crippen LogP contribution is -2.40. The molecule has 1 aromatic carbocycles. The zero-order chi connectivity index (χ0) is 21.5. The number of aryl methyl sites for hydroxylation is 1. The molecule has 2 aliphatic carbocycles. The van der Waals surface area contributed by atoms with Crippen LogP contribution in [0.3, 0.4) is 0 Å². The summed E-state index contributed by atoms with van der Waals surface area (Å²) in [6, 6.07) is 10.0. The van der Waals surface area contributed by atoms with Crippen LogP contribution in [0.4, 0.5) is 5.00 Å². The molecular weight excluding hydrogens is 408 g/mol. The maximum Gasteiger partial charge on any atom is 0.232 e. The normalized spacial score (nSPS) is 20.9. The number of nitrogens with zero attached hydrogens (tertiary/aromatic N) is 2. The summed E-state index contributed by atoms with van der Waals surface area (Å²) in [5.74, 6) is 0.612. The van der Waals surface area contributed by atoms with Crippen molar-refractivity contribution in [1.29, 1.82) is 5.26 Å². The van der Waals surface area contributed by atoms with Gasteiger partial charge in [-0.15, -0.1) is 11.3 Å². The molecule has 0 saturated heterocycles. The molecule has 0 radical (unpaired) electrons. The number of rotatable bonds is 3. The second-order valence-corrected chi connectivity index (χ2v) is 9.48. The molecule has 2 aromatic rings. The molecule has 0 bridgehead atoms. The number of thiophene rings is 1. The predicted molar refractivity (Wildman–Crippen MR) is 119 cm³/mol. The van der Waals surface area contributed by atoms with E-state index in [4.69, 9.17) is 4.74 Å². The molecule has 31 heavy (non-hydrogen) atoms. The topological polar surface area (TPSA) is 70.4 Å². The Kier molecular flexibility index (Phi) is 5.15. The smallest absolute Gasteiger partial charge is 0.232 e. The van der Waals surface area contributed by atoms with E-state index in [1.54, 1.807) is 23.3 Å². The first-order valence-corrected chi connectivity index (χ1v) is 11.7. The van der Waals surface area contributed by atoms with E-state index in [2.05, 4.69) is 6.07 Å². The van der Waals surface area contributed by atoms with Gasteiger partial charge in [0.25, 0.3) is 0 Å². The minimum absolute atomic E-state index is 0.0237. The fraction of sp³-hybridized carbons (Fsp3) is 0.400. The van der Waals surface area contributed by atoms with E-state index in [9.17, 15) is 14.9 Å². The van der Waals surface area contributed by atoms with Gasteiger partial charge in [0.05, 0.1) is 12.7 Å². The summed E-state index contributed by atoms with van der Waals surface area (Å²) < 4.78 is 5.26. The maximum absolute atomic E-state index is 13.5. The summed E-state index contributed by atoms with van der Waals surface area (Å²) in [4.78, 5) is 29.5. The summed E-state index contributed by atoms with van der Waals surface area (Å²) in [6.45, 7) is 0. The molecule has 1 amide bonds. The SMILES string of the molecule is COc1ccc(C2CC(=O)N(c3sc4c(c3C#N)CCCC4)C3=C2C(=O)CCC3)cc1. The third-order valence-electron chi connectivity index (χ3n) is 6.66. The van der Waals surface area contributed by atoms with Crippen LogP contribution >= 0.6 is 11.3 Å². The van der Waals surface area contributed by atoms with Crippen LogP contribution in [-0.4, -0.2) is 18.8 Å². The Balaban J connectivity index is 1.64. The number of carbonyl (C=O) groups excluding carboxylic acids is 2. The first kappa shape index (κ1) is 20.0. The molecule has 3 aliphatic rings. The number of allylic oxidation sites excluding steroid dienone is 2. The minimum atomic E-state index is -0.238. The largest absolute Gasteiger partial charge is 0.497 e. The number of hydrogen-bond donors (Lipinski definition) is 0. The molecule has 0 fully saturated rings. The average Bonchev–Trinajstić information content (AvgIpc) is 3.16. The average molecular weight is 433 g/mol. The highest BCUT2D eigenvalue weighted by molar-refractivity contribution is 7.16. The van der Waals surface area contributed by atoms with Crippen molar-refractivity contribution in [3.05, 3.63) is 57.1 Å². The highest BCUT2D eigenvalue weighted by Crippen LogP contribution is 2.48. The van der Waals surface area contributed by atoms with E-state index in [1.165, 1.54) is 4.88 Å². The zero-order valence-electron chi connectivity index (χ0n) is 17.6. The Morgan fingerprint density at radius 2 is 1.84 bits per heavy atom. The van der Waals surface area contributed by atoms with Crippen LogP contribution in [0, 0.1) is 11.3 Å². The zero-order valence-corrected chi connectivity index (χ0v) is 18.4. The number of benzene rings is 1. The number of ketones is 1. The third kappa shape index (κ3) is 3.28. The molecule has 6 heteroatoms. The molecular formula is C25H24N2O3S. The lowest BCUT2D eigenvalue weighted by Gasteiger charge is -2.37. The van der Waals surface area contributed by atoms with Crippen LogP contribution in [0.2, 0.25) is 0 Å². The Bertz CT molecular complexity index is 1140. The summed E-state index contributed by atoms with van der Waals surface area (Å²) >= 11 is 1.58. The van der Waals surface area contributed by atoms with Gasteiger partial charge in [-0.1, -0.05) is 12.1 Å². The number of ether oxygens (including phenoxy) is 1. The van der Waals surface area contributed by atoms with Gasteiger partial charge >= 0.3 is 0 Å². The maximum atomic E-state index is 13.5. The van der Waals surface area contributed by atoms with E-state index in [0.29, 0.717) is 18.4 Å². The number of fused-ring (bicyclic) bond motifs is 1. The van der Waals surface area contributed by atoms with Crippen LogP contribution < -0.4 is 9.64 Å². The van der Waals surface area contributed by atoms with Gasteiger partial charge in [0, 0.05) is 34.9 Å². The molecule has 1 atom stereocenters. The van der Waals surface area contributed by atoms with Crippen LogP contribution in [0.15, 0.2) is 35.5 Å². The van der Waals surface area contributed by atoms with Gasteiger partial charge in [0.1, 0.15) is 16.8 Å². The Hall–Kier alpha value is -2.91. The number of nitriles is 1. The molecule has 0 spiro atoms. The quantitative estimate of drug-likeness (QED) is 0.682. The van der Waals surface area contributed by atoms with E-state index in [1.807, 2.05) is 24.3 Å². The number of Topliss-reactive ketones (excluding diaryl/α,β-unsaturated/α-hetero) is 1.